The fourth-order valence-electron chi connectivity index (χ4n) is 1.75. The van der Waals surface area contributed by atoms with Crippen molar-refractivity contribution in [2.24, 2.45) is 0 Å². The molecule has 112 valence electrons. The monoisotopic (exact) mass is 324 g/mol. The Morgan fingerprint density at radius 2 is 1.67 bits per heavy atom. The van der Waals surface area contributed by atoms with Crippen LogP contribution in [0.2, 0.25) is 0 Å². The number of ketones is 1. The number of hydrogen-bond donors (Lipinski definition) is 0. The van der Waals surface area contributed by atoms with Crippen molar-refractivity contribution in [2.45, 2.75) is 13.8 Å². The van der Waals surface area contributed by atoms with Crippen molar-refractivity contribution < 1.29 is 19.1 Å². The minimum atomic E-state index is -0.594. The first-order valence-corrected chi connectivity index (χ1v) is 8.54. The SMILES string of the molecule is CCOc1ccc(OC(=O)C(C(C)=O)=C2SCCS2)cc1. The summed E-state index contributed by atoms with van der Waals surface area (Å²) < 4.78 is 11.4. The van der Waals surface area contributed by atoms with Crippen LogP contribution in [0.25, 0.3) is 0 Å². The van der Waals surface area contributed by atoms with Crippen LogP contribution in [-0.2, 0) is 9.59 Å². The van der Waals surface area contributed by atoms with Gasteiger partial charge in [-0.25, -0.2) is 4.79 Å². The molecular weight excluding hydrogens is 308 g/mol. The lowest BCUT2D eigenvalue weighted by Gasteiger charge is -2.08. The molecule has 0 bridgehead atoms. The topological polar surface area (TPSA) is 52.6 Å². The fourth-order valence-corrected chi connectivity index (χ4v) is 4.37. The molecule has 0 aliphatic carbocycles. The Kier molecular flexibility index (Phi) is 5.76. The van der Waals surface area contributed by atoms with Gasteiger partial charge in [0.2, 0.25) is 0 Å². The van der Waals surface area contributed by atoms with Gasteiger partial charge in [0.25, 0.3) is 0 Å². The lowest BCUT2D eigenvalue weighted by atomic mass is 10.2. The molecule has 0 saturated carbocycles. The van der Waals surface area contributed by atoms with Crippen molar-refractivity contribution in [2.75, 3.05) is 18.1 Å². The Bertz CT molecular complexity index is 556. The van der Waals surface area contributed by atoms with Crippen molar-refractivity contribution in [3.8, 4) is 11.5 Å². The molecule has 1 saturated heterocycles. The number of hydrogen-bond acceptors (Lipinski definition) is 6. The highest BCUT2D eigenvalue weighted by Gasteiger charge is 2.25. The van der Waals surface area contributed by atoms with E-state index < -0.39 is 5.97 Å². The summed E-state index contributed by atoms with van der Waals surface area (Å²) in [4.78, 5) is 23.9. The first kappa shape index (κ1) is 16.0. The van der Waals surface area contributed by atoms with E-state index in [1.807, 2.05) is 6.92 Å². The number of esters is 1. The van der Waals surface area contributed by atoms with Crippen molar-refractivity contribution in [3.63, 3.8) is 0 Å². The molecule has 21 heavy (non-hydrogen) atoms. The highest BCUT2D eigenvalue weighted by molar-refractivity contribution is 8.25. The molecule has 0 atom stereocenters. The molecule has 0 radical (unpaired) electrons. The van der Waals surface area contributed by atoms with Gasteiger partial charge in [0.15, 0.2) is 5.78 Å². The van der Waals surface area contributed by atoms with Crippen LogP contribution in [0.5, 0.6) is 11.5 Å². The minimum Gasteiger partial charge on any atom is -0.494 e. The van der Waals surface area contributed by atoms with Gasteiger partial charge in [0, 0.05) is 11.5 Å². The van der Waals surface area contributed by atoms with Gasteiger partial charge in [-0.1, -0.05) is 0 Å². The molecule has 0 N–H and O–H groups in total. The molecule has 0 amide bonds. The molecule has 4 nitrogen and oxygen atoms in total. The van der Waals surface area contributed by atoms with Crippen LogP contribution >= 0.6 is 23.5 Å². The Balaban J connectivity index is 2.12. The third kappa shape index (κ3) is 4.28. The molecule has 1 aliphatic heterocycles. The van der Waals surface area contributed by atoms with Crippen LogP contribution in [-0.4, -0.2) is 29.9 Å². The van der Waals surface area contributed by atoms with Crippen LogP contribution in [0.1, 0.15) is 13.8 Å². The highest BCUT2D eigenvalue weighted by atomic mass is 32.2. The van der Waals surface area contributed by atoms with E-state index in [9.17, 15) is 9.59 Å². The molecule has 2 rings (SSSR count). The first-order valence-electron chi connectivity index (χ1n) is 6.57. The predicted molar refractivity (Wildman–Crippen MR) is 85.9 cm³/mol. The van der Waals surface area contributed by atoms with Gasteiger partial charge in [-0.05, 0) is 38.1 Å². The van der Waals surface area contributed by atoms with E-state index in [0.29, 0.717) is 18.1 Å². The lowest BCUT2D eigenvalue weighted by molar-refractivity contribution is -0.132. The number of rotatable bonds is 5. The zero-order chi connectivity index (χ0) is 15.2. The maximum Gasteiger partial charge on any atom is 0.348 e. The second kappa shape index (κ2) is 7.56. The maximum atomic E-state index is 12.2. The summed E-state index contributed by atoms with van der Waals surface area (Å²) in [5.41, 5.74) is 0.149. The highest BCUT2D eigenvalue weighted by Crippen LogP contribution is 2.39. The number of carbonyl (C=O) groups is 2. The maximum absolute atomic E-state index is 12.2. The summed E-state index contributed by atoms with van der Waals surface area (Å²) in [5, 5.41) is 0. The smallest absolute Gasteiger partial charge is 0.348 e. The number of Topliss-reactive ketones (excluding diaryl/α,β-unsaturated/α-hetero) is 1. The van der Waals surface area contributed by atoms with E-state index in [1.54, 1.807) is 24.3 Å². The molecule has 0 aromatic heterocycles. The summed E-state index contributed by atoms with van der Waals surface area (Å²) in [6, 6.07) is 6.76. The van der Waals surface area contributed by atoms with Gasteiger partial charge < -0.3 is 9.47 Å². The van der Waals surface area contributed by atoms with E-state index in [4.69, 9.17) is 9.47 Å². The lowest BCUT2D eigenvalue weighted by Crippen LogP contribution is -2.17. The molecule has 1 fully saturated rings. The Labute approximate surface area is 132 Å². The number of ether oxygens (including phenoxy) is 2. The summed E-state index contributed by atoms with van der Waals surface area (Å²) >= 11 is 3.06. The standard InChI is InChI=1S/C15H16O4S2/c1-3-18-11-4-6-12(7-5-11)19-14(17)13(10(2)16)15-20-8-9-21-15/h4-7H,3,8-9H2,1-2H3. The van der Waals surface area contributed by atoms with E-state index in [-0.39, 0.29) is 11.4 Å². The van der Waals surface area contributed by atoms with Crippen LogP contribution in [0, 0.1) is 0 Å². The van der Waals surface area contributed by atoms with E-state index in [2.05, 4.69) is 0 Å². The molecule has 1 heterocycles. The van der Waals surface area contributed by atoms with Crippen molar-refractivity contribution in [1.82, 2.24) is 0 Å². The molecule has 6 heteroatoms. The zero-order valence-electron chi connectivity index (χ0n) is 11.9. The molecule has 1 aromatic rings. The minimum absolute atomic E-state index is 0.149. The van der Waals surface area contributed by atoms with Crippen LogP contribution < -0.4 is 9.47 Å². The molecule has 1 aliphatic rings. The van der Waals surface area contributed by atoms with Gasteiger partial charge in [-0.2, -0.15) is 0 Å². The fraction of sp³-hybridized carbons (Fsp3) is 0.333. The van der Waals surface area contributed by atoms with Crippen molar-refractivity contribution in [3.05, 3.63) is 34.1 Å². The zero-order valence-corrected chi connectivity index (χ0v) is 13.5. The van der Waals surface area contributed by atoms with E-state index in [0.717, 1.165) is 15.7 Å². The number of benzene rings is 1. The third-order valence-electron chi connectivity index (χ3n) is 2.66. The Hall–Kier alpha value is -1.40. The number of carbonyl (C=O) groups excluding carboxylic acids is 2. The second-order valence-corrected chi connectivity index (χ2v) is 6.68. The van der Waals surface area contributed by atoms with Gasteiger partial charge in [0.1, 0.15) is 17.1 Å². The average molecular weight is 324 g/mol. The second-order valence-electron chi connectivity index (χ2n) is 4.21. The normalized spacial score (nSPS) is 13.9. The number of thioether (sulfide) groups is 2. The summed E-state index contributed by atoms with van der Waals surface area (Å²) in [6.45, 7) is 3.87. The van der Waals surface area contributed by atoms with E-state index >= 15 is 0 Å². The van der Waals surface area contributed by atoms with Crippen molar-refractivity contribution in [1.29, 1.82) is 0 Å². The van der Waals surface area contributed by atoms with Gasteiger partial charge in [-0.3, -0.25) is 4.79 Å². The van der Waals surface area contributed by atoms with Crippen LogP contribution in [0.4, 0.5) is 0 Å². The largest absolute Gasteiger partial charge is 0.494 e. The molecular formula is C15H16O4S2. The van der Waals surface area contributed by atoms with Crippen LogP contribution in [0.15, 0.2) is 34.1 Å². The summed E-state index contributed by atoms with van der Waals surface area (Å²) in [5.74, 6) is 2.08. The quantitative estimate of drug-likeness (QED) is 0.272. The molecule has 0 spiro atoms. The summed E-state index contributed by atoms with van der Waals surface area (Å²) in [7, 11) is 0. The van der Waals surface area contributed by atoms with E-state index in [1.165, 1.54) is 30.4 Å². The van der Waals surface area contributed by atoms with Gasteiger partial charge in [-0.15, -0.1) is 23.5 Å². The third-order valence-corrected chi connectivity index (χ3v) is 5.37. The van der Waals surface area contributed by atoms with Gasteiger partial charge >= 0.3 is 5.97 Å². The first-order chi connectivity index (χ1) is 10.1. The Morgan fingerprint density at radius 1 is 1.10 bits per heavy atom. The Morgan fingerprint density at radius 3 is 2.19 bits per heavy atom. The van der Waals surface area contributed by atoms with Crippen LogP contribution in [0.3, 0.4) is 0 Å². The van der Waals surface area contributed by atoms with Crippen molar-refractivity contribution >= 4 is 35.3 Å². The molecule has 0 unspecified atom stereocenters. The summed E-state index contributed by atoms with van der Waals surface area (Å²) in [6.07, 6.45) is 0. The van der Waals surface area contributed by atoms with Gasteiger partial charge in [0.05, 0.1) is 10.8 Å². The predicted octanol–water partition coefficient (Wildman–Crippen LogP) is 3.27. The average Bonchev–Trinajstić information content (AvgIpc) is 2.95. The molecule has 1 aromatic carbocycles.